The normalized spacial score (nSPS) is 19.2. The van der Waals surface area contributed by atoms with E-state index in [4.69, 9.17) is 10.5 Å². The lowest BCUT2D eigenvalue weighted by Crippen LogP contribution is -2.51. The van der Waals surface area contributed by atoms with Crippen molar-refractivity contribution in [1.82, 2.24) is 9.55 Å². The molecule has 1 aliphatic rings. The van der Waals surface area contributed by atoms with Gasteiger partial charge in [-0.25, -0.2) is 4.79 Å². The number of aliphatic hydroxyl groups excluding tert-OH is 1. The molecule has 1 aliphatic heterocycles. The van der Waals surface area contributed by atoms with Gasteiger partial charge in [0.25, 0.3) is 5.56 Å². The SMILES string of the molecule is CC(C)Cn1c(N)c(N2CCOCC2CO)c(=O)[nH]c1=O. The zero-order valence-electron chi connectivity index (χ0n) is 12.3. The Morgan fingerprint density at radius 3 is 2.81 bits per heavy atom. The standard InChI is InChI=1S/C13H22N4O4/c1-8(2)5-17-11(14)10(12(19)15-13(17)20)16-3-4-21-7-9(16)6-18/h8-9,18H,3-7,14H2,1-2H3,(H,15,19,20). The van der Waals surface area contributed by atoms with Crippen LogP contribution in [-0.4, -0.2) is 47.1 Å². The van der Waals surface area contributed by atoms with Crippen molar-refractivity contribution in [2.75, 3.05) is 37.0 Å². The molecule has 1 saturated heterocycles. The third-order valence-electron chi connectivity index (χ3n) is 3.49. The topological polar surface area (TPSA) is 114 Å². The van der Waals surface area contributed by atoms with Gasteiger partial charge >= 0.3 is 5.69 Å². The molecule has 8 nitrogen and oxygen atoms in total. The molecule has 1 atom stereocenters. The fourth-order valence-electron chi connectivity index (χ4n) is 2.50. The summed E-state index contributed by atoms with van der Waals surface area (Å²) in [5.41, 5.74) is 5.25. The summed E-state index contributed by atoms with van der Waals surface area (Å²) < 4.78 is 6.67. The number of aliphatic hydroxyl groups is 1. The molecule has 2 rings (SSSR count). The molecule has 0 spiro atoms. The van der Waals surface area contributed by atoms with E-state index >= 15 is 0 Å². The third-order valence-corrected chi connectivity index (χ3v) is 3.49. The van der Waals surface area contributed by atoms with E-state index in [1.807, 2.05) is 13.8 Å². The number of nitrogens with zero attached hydrogens (tertiary/aromatic N) is 2. The molecule has 2 heterocycles. The molecule has 118 valence electrons. The van der Waals surface area contributed by atoms with E-state index in [1.54, 1.807) is 4.90 Å². The average molecular weight is 298 g/mol. The van der Waals surface area contributed by atoms with Crippen LogP contribution in [-0.2, 0) is 11.3 Å². The first-order valence-electron chi connectivity index (χ1n) is 7.03. The second kappa shape index (κ2) is 6.31. The Labute approximate surface area is 122 Å². The second-order valence-corrected chi connectivity index (χ2v) is 5.60. The number of aromatic nitrogens is 2. The van der Waals surface area contributed by atoms with Crippen molar-refractivity contribution >= 4 is 11.5 Å². The predicted molar refractivity (Wildman–Crippen MR) is 79.6 cm³/mol. The summed E-state index contributed by atoms with van der Waals surface area (Å²) >= 11 is 0. The van der Waals surface area contributed by atoms with Gasteiger partial charge < -0.3 is 20.5 Å². The zero-order valence-corrected chi connectivity index (χ0v) is 12.3. The number of morpholine rings is 1. The number of hydrogen-bond acceptors (Lipinski definition) is 6. The van der Waals surface area contributed by atoms with E-state index < -0.39 is 11.2 Å². The Bertz CT molecular complexity index is 607. The van der Waals surface area contributed by atoms with Gasteiger partial charge in [-0.3, -0.25) is 14.3 Å². The van der Waals surface area contributed by atoms with Gasteiger partial charge in [0.1, 0.15) is 11.5 Å². The first-order chi connectivity index (χ1) is 9.95. The number of hydrogen-bond donors (Lipinski definition) is 3. The Hall–Kier alpha value is -1.80. The van der Waals surface area contributed by atoms with Crippen molar-refractivity contribution < 1.29 is 9.84 Å². The highest BCUT2D eigenvalue weighted by molar-refractivity contribution is 5.63. The predicted octanol–water partition coefficient (Wildman–Crippen LogP) is -1.03. The Morgan fingerprint density at radius 2 is 2.19 bits per heavy atom. The van der Waals surface area contributed by atoms with Gasteiger partial charge in [-0.2, -0.15) is 0 Å². The molecule has 0 bridgehead atoms. The van der Waals surface area contributed by atoms with Crippen molar-refractivity contribution in [3.05, 3.63) is 20.8 Å². The van der Waals surface area contributed by atoms with E-state index in [0.717, 1.165) is 0 Å². The van der Waals surface area contributed by atoms with Crippen LogP contribution in [0.1, 0.15) is 13.8 Å². The van der Waals surface area contributed by atoms with Crippen molar-refractivity contribution in [1.29, 1.82) is 0 Å². The summed E-state index contributed by atoms with van der Waals surface area (Å²) in [4.78, 5) is 28.1. The smallest absolute Gasteiger partial charge is 0.330 e. The van der Waals surface area contributed by atoms with Crippen LogP contribution >= 0.6 is 0 Å². The minimum Gasteiger partial charge on any atom is -0.394 e. The maximum Gasteiger partial charge on any atom is 0.330 e. The molecule has 1 fully saturated rings. The molecular weight excluding hydrogens is 276 g/mol. The van der Waals surface area contributed by atoms with Crippen LogP contribution in [0, 0.1) is 5.92 Å². The fraction of sp³-hybridized carbons (Fsp3) is 0.692. The lowest BCUT2D eigenvalue weighted by molar-refractivity contribution is 0.0726. The van der Waals surface area contributed by atoms with Crippen LogP contribution in [0.3, 0.4) is 0 Å². The number of ether oxygens (including phenoxy) is 1. The molecular formula is C13H22N4O4. The monoisotopic (exact) mass is 298 g/mol. The highest BCUT2D eigenvalue weighted by atomic mass is 16.5. The Balaban J connectivity index is 2.52. The summed E-state index contributed by atoms with van der Waals surface area (Å²) in [6.45, 7) is 5.39. The Kier molecular flexibility index (Phi) is 4.69. The molecule has 0 radical (unpaired) electrons. The van der Waals surface area contributed by atoms with Crippen molar-refractivity contribution in [3.63, 3.8) is 0 Å². The van der Waals surface area contributed by atoms with Gasteiger partial charge in [0.2, 0.25) is 0 Å². The van der Waals surface area contributed by atoms with E-state index in [2.05, 4.69) is 4.98 Å². The molecule has 8 heteroatoms. The minimum absolute atomic E-state index is 0.137. The molecule has 1 aromatic heterocycles. The lowest BCUT2D eigenvalue weighted by atomic mass is 10.2. The maximum atomic E-state index is 12.1. The molecule has 1 unspecified atom stereocenters. The van der Waals surface area contributed by atoms with E-state index in [0.29, 0.717) is 26.3 Å². The van der Waals surface area contributed by atoms with Gasteiger partial charge in [0.05, 0.1) is 25.9 Å². The molecule has 1 aromatic rings. The molecule has 0 saturated carbocycles. The van der Waals surface area contributed by atoms with Crippen molar-refractivity contribution in [3.8, 4) is 0 Å². The highest BCUT2D eigenvalue weighted by Crippen LogP contribution is 2.21. The van der Waals surface area contributed by atoms with Crippen molar-refractivity contribution in [2.45, 2.75) is 26.4 Å². The van der Waals surface area contributed by atoms with E-state index in [-0.39, 0.29) is 30.1 Å². The second-order valence-electron chi connectivity index (χ2n) is 5.60. The zero-order chi connectivity index (χ0) is 15.6. The van der Waals surface area contributed by atoms with Gasteiger partial charge in [0, 0.05) is 13.1 Å². The molecule has 0 amide bonds. The molecule has 0 aliphatic carbocycles. The summed E-state index contributed by atoms with van der Waals surface area (Å²) in [5, 5.41) is 9.43. The van der Waals surface area contributed by atoms with Gasteiger partial charge in [-0.15, -0.1) is 0 Å². The van der Waals surface area contributed by atoms with Crippen LogP contribution in [0.15, 0.2) is 9.59 Å². The van der Waals surface area contributed by atoms with E-state index in [1.165, 1.54) is 4.57 Å². The van der Waals surface area contributed by atoms with Crippen LogP contribution in [0.4, 0.5) is 11.5 Å². The number of H-pyrrole nitrogens is 1. The fourth-order valence-corrected chi connectivity index (χ4v) is 2.50. The number of aromatic amines is 1. The van der Waals surface area contributed by atoms with E-state index in [9.17, 15) is 14.7 Å². The molecule has 4 N–H and O–H groups in total. The maximum absolute atomic E-state index is 12.1. The Morgan fingerprint density at radius 1 is 1.48 bits per heavy atom. The highest BCUT2D eigenvalue weighted by Gasteiger charge is 2.28. The molecule has 0 aromatic carbocycles. The number of nitrogen functional groups attached to an aromatic ring is 1. The average Bonchev–Trinajstić information content (AvgIpc) is 2.43. The first kappa shape index (κ1) is 15.6. The minimum atomic E-state index is -0.530. The summed E-state index contributed by atoms with van der Waals surface area (Å²) in [5.74, 6) is 0.347. The summed E-state index contributed by atoms with van der Waals surface area (Å²) in [6.07, 6.45) is 0. The number of rotatable bonds is 4. The van der Waals surface area contributed by atoms with Crippen LogP contribution in [0.5, 0.6) is 0 Å². The van der Waals surface area contributed by atoms with Gasteiger partial charge in [-0.1, -0.05) is 13.8 Å². The number of anilines is 2. The third kappa shape index (κ3) is 3.11. The number of nitrogens with two attached hydrogens (primary N) is 1. The van der Waals surface area contributed by atoms with Crippen LogP contribution in [0.2, 0.25) is 0 Å². The lowest BCUT2D eigenvalue weighted by Gasteiger charge is -2.36. The molecule has 21 heavy (non-hydrogen) atoms. The quantitative estimate of drug-likeness (QED) is 0.655. The van der Waals surface area contributed by atoms with Crippen LogP contribution < -0.4 is 21.9 Å². The summed E-state index contributed by atoms with van der Waals surface area (Å²) in [6, 6.07) is -0.341. The van der Waals surface area contributed by atoms with Crippen molar-refractivity contribution in [2.24, 2.45) is 5.92 Å². The largest absolute Gasteiger partial charge is 0.394 e. The number of nitrogens with one attached hydrogen (secondary N) is 1. The summed E-state index contributed by atoms with van der Waals surface area (Å²) in [7, 11) is 0. The first-order valence-corrected chi connectivity index (χ1v) is 7.03. The van der Waals surface area contributed by atoms with Gasteiger partial charge in [-0.05, 0) is 5.92 Å². The van der Waals surface area contributed by atoms with Crippen LogP contribution in [0.25, 0.3) is 0 Å². The van der Waals surface area contributed by atoms with Gasteiger partial charge in [0.15, 0.2) is 0 Å².